The van der Waals surface area contributed by atoms with E-state index in [0.29, 0.717) is 32.3 Å². The van der Waals surface area contributed by atoms with Crippen LogP contribution in [0, 0.1) is 6.92 Å². The van der Waals surface area contributed by atoms with Gasteiger partial charge in [0.25, 0.3) is 0 Å². The van der Waals surface area contributed by atoms with E-state index in [1.807, 2.05) is 0 Å². The van der Waals surface area contributed by atoms with E-state index >= 15 is 0 Å². The van der Waals surface area contributed by atoms with Crippen LogP contribution in [0.3, 0.4) is 0 Å². The van der Waals surface area contributed by atoms with Crippen LogP contribution in [0.1, 0.15) is 4.88 Å². The van der Waals surface area contributed by atoms with Crippen molar-refractivity contribution in [3.8, 4) is 21.8 Å². The third kappa shape index (κ3) is 3.87. The zero-order valence-electron chi connectivity index (χ0n) is 14.4. The minimum Gasteiger partial charge on any atom is -0.376 e. The first-order valence-corrected chi connectivity index (χ1v) is 9.25. The normalized spacial score (nSPS) is 17.2. The maximum absolute atomic E-state index is 5.65. The summed E-state index contributed by atoms with van der Waals surface area (Å²) in [6.45, 7) is 4.55. The lowest BCUT2D eigenvalue weighted by molar-refractivity contribution is -0.0819. The van der Waals surface area contributed by atoms with Gasteiger partial charge in [0.1, 0.15) is 0 Å². The highest BCUT2D eigenvalue weighted by molar-refractivity contribution is 7.15. The Morgan fingerprint density at radius 2 is 2.15 bits per heavy atom. The van der Waals surface area contributed by atoms with E-state index in [9.17, 15) is 0 Å². The summed E-state index contributed by atoms with van der Waals surface area (Å²) in [4.78, 5) is 20.1. The number of ether oxygens (including phenoxy) is 2. The number of hydrogen-bond acceptors (Lipinski definition) is 8. The Labute approximate surface area is 155 Å². The van der Waals surface area contributed by atoms with E-state index in [2.05, 4.69) is 39.3 Å². The molecule has 0 aromatic carbocycles. The Balaban J connectivity index is 1.63. The van der Waals surface area contributed by atoms with Crippen molar-refractivity contribution in [2.24, 2.45) is 0 Å². The third-order valence-electron chi connectivity index (χ3n) is 3.97. The van der Waals surface area contributed by atoms with Gasteiger partial charge < -0.3 is 14.8 Å². The molecule has 3 aromatic heterocycles. The molecule has 1 aliphatic heterocycles. The van der Waals surface area contributed by atoms with Gasteiger partial charge in [-0.2, -0.15) is 0 Å². The Kier molecular flexibility index (Phi) is 5.14. The molecule has 1 atom stereocenters. The van der Waals surface area contributed by atoms with Crippen molar-refractivity contribution in [2.75, 3.05) is 31.7 Å². The lowest BCUT2D eigenvalue weighted by Gasteiger charge is -2.23. The van der Waals surface area contributed by atoms with Gasteiger partial charge in [0.05, 0.1) is 48.4 Å². The summed E-state index contributed by atoms with van der Waals surface area (Å²) in [6.07, 6.45) is 6.86. The zero-order valence-corrected chi connectivity index (χ0v) is 15.2. The summed E-state index contributed by atoms with van der Waals surface area (Å²) >= 11 is 1.69. The molecular formula is C18H19N5O2S. The van der Waals surface area contributed by atoms with Crippen LogP contribution in [0.4, 0.5) is 5.95 Å². The third-order valence-corrected chi connectivity index (χ3v) is 4.98. The number of aryl methyl sites for hydroxylation is 1. The molecular weight excluding hydrogens is 350 g/mol. The highest BCUT2D eigenvalue weighted by atomic mass is 32.1. The van der Waals surface area contributed by atoms with Crippen molar-refractivity contribution in [3.05, 3.63) is 41.8 Å². The summed E-state index contributed by atoms with van der Waals surface area (Å²) < 4.78 is 11.1. The molecule has 26 heavy (non-hydrogen) atoms. The van der Waals surface area contributed by atoms with Gasteiger partial charge >= 0.3 is 0 Å². The van der Waals surface area contributed by atoms with Gasteiger partial charge in [-0.25, -0.2) is 9.97 Å². The van der Waals surface area contributed by atoms with Gasteiger partial charge in [-0.05, 0) is 19.1 Å². The monoisotopic (exact) mass is 369 g/mol. The van der Waals surface area contributed by atoms with Crippen LogP contribution >= 0.6 is 11.3 Å². The molecule has 134 valence electrons. The zero-order chi connectivity index (χ0) is 17.8. The van der Waals surface area contributed by atoms with Crippen LogP contribution in [-0.4, -0.2) is 52.4 Å². The van der Waals surface area contributed by atoms with E-state index in [4.69, 9.17) is 14.5 Å². The lowest BCUT2D eigenvalue weighted by Crippen LogP contribution is -2.34. The number of rotatable bonds is 5. The lowest BCUT2D eigenvalue weighted by atomic mass is 10.1. The first kappa shape index (κ1) is 17.0. The molecule has 8 heteroatoms. The molecule has 0 saturated carbocycles. The molecule has 0 radical (unpaired) electrons. The molecule has 0 amide bonds. The first-order chi connectivity index (χ1) is 12.8. The molecule has 1 saturated heterocycles. The van der Waals surface area contributed by atoms with Gasteiger partial charge in [0.2, 0.25) is 5.95 Å². The fourth-order valence-electron chi connectivity index (χ4n) is 2.70. The summed E-state index contributed by atoms with van der Waals surface area (Å²) in [5.74, 6) is 0.563. The average Bonchev–Trinajstić information content (AvgIpc) is 3.14. The topological polar surface area (TPSA) is 82.1 Å². The molecule has 0 spiro atoms. The minimum atomic E-state index is 0.0134. The number of hydrogen-bond donors (Lipinski definition) is 1. The summed E-state index contributed by atoms with van der Waals surface area (Å²) in [7, 11) is 0. The van der Waals surface area contributed by atoms with Crippen LogP contribution in [0.5, 0.6) is 0 Å². The number of nitrogens with one attached hydrogen (secondary N) is 1. The van der Waals surface area contributed by atoms with E-state index < -0.39 is 0 Å². The molecule has 1 N–H and O–H groups in total. The van der Waals surface area contributed by atoms with E-state index in [1.165, 1.54) is 4.88 Å². The van der Waals surface area contributed by atoms with Crippen molar-refractivity contribution in [1.82, 2.24) is 19.9 Å². The van der Waals surface area contributed by atoms with Crippen molar-refractivity contribution < 1.29 is 9.47 Å². The Hall–Kier alpha value is -2.42. The largest absolute Gasteiger partial charge is 0.376 e. The molecule has 3 aromatic rings. The van der Waals surface area contributed by atoms with Crippen molar-refractivity contribution in [2.45, 2.75) is 13.0 Å². The number of thiophene rings is 1. The number of anilines is 1. The minimum absolute atomic E-state index is 0.0134. The van der Waals surface area contributed by atoms with E-state index in [1.54, 1.807) is 36.1 Å². The maximum atomic E-state index is 5.65. The Morgan fingerprint density at radius 1 is 1.19 bits per heavy atom. The predicted octanol–water partition coefficient (Wildman–Crippen LogP) is 2.80. The predicted molar refractivity (Wildman–Crippen MR) is 100 cm³/mol. The fraction of sp³-hybridized carbons (Fsp3) is 0.333. The molecule has 4 heterocycles. The second-order valence-corrected chi connectivity index (χ2v) is 7.19. The highest BCUT2D eigenvalue weighted by Crippen LogP contribution is 2.33. The van der Waals surface area contributed by atoms with Crippen LogP contribution in [0.15, 0.2) is 36.9 Å². The van der Waals surface area contributed by atoms with Crippen LogP contribution in [0.25, 0.3) is 21.8 Å². The number of aromatic nitrogens is 4. The highest BCUT2D eigenvalue weighted by Gasteiger charge is 2.17. The second-order valence-electron chi connectivity index (χ2n) is 5.91. The van der Waals surface area contributed by atoms with E-state index in [-0.39, 0.29) is 6.10 Å². The summed E-state index contributed by atoms with van der Waals surface area (Å²) in [5.41, 5.74) is 2.47. The quantitative estimate of drug-likeness (QED) is 0.740. The Morgan fingerprint density at radius 3 is 2.88 bits per heavy atom. The first-order valence-electron chi connectivity index (χ1n) is 8.43. The van der Waals surface area contributed by atoms with E-state index in [0.717, 1.165) is 21.8 Å². The van der Waals surface area contributed by atoms with Crippen molar-refractivity contribution in [3.63, 3.8) is 0 Å². The smallest absolute Gasteiger partial charge is 0.223 e. The second kappa shape index (κ2) is 7.86. The molecule has 0 bridgehead atoms. The van der Waals surface area contributed by atoms with Crippen molar-refractivity contribution >= 4 is 17.3 Å². The van der Waals surface area contributed by atoms with Crippen LogP contribution in [0.2, 0.25) is 0 Å². The van der Waals surface area contributed by atoms with Gasteiger partial charge in [-0.15, -0.1) is 11.3 Å². The van der Waals surface area contributed by atoms with Crippen LogP contribution < -0.4 is 5.32 Å². The fourth-order valence-corrected chi connectivity index (χ4v) is 3.57. The van der Waals surface area contributed by atoms with Crippen LogP contribution in [-0.2, 0) is 9.47 Å². The van der Waals surface area contributed by atoms with Gasteiger partial charge in [-0.3, -0.25) is 9.97 Å². The molecule has 1 aliphatic rings. The van der Waals surface area contributed by atoms with Gasteiger partial charge in [-0.1, -0.05) is 0 Å². The van der Waals surface area contributed by atoms with Gasteiger partial charge in [0.15, 0.2) is 0 Å². The number of nitrogens with zero attached hydrogens (tertiary/aromatic N) is 4. The molecule has 4 rings (SSSR count). The summed E-state index contributed by atoms with van der Waals surface area (Å²) in [6, 6.07) is 4.16. The average molecular weight is 369 g/mol. The Bertz CT molecular complexity index is 865. The maximum Gasteiger partial charge on any atom is 0.223 e. The SMILES string of the molecule is Cc1ccc(-c2nc(NC[C@H]3COCCO3)ncc2-c2cnccn2)s1. The molecule has 7 nitrogen and oxygen atoms in total. The van der Waals surface area contributed by atoms with Gasteiger partial charge in [0, 0.05) is 35.6 Å². The molecule has 0 unspecified atom stereocenters. The summed E-state index contributed by atoms with van der Waals surface area (Å²) in [5, 5.41) is 3.25. The molecule has 0 aliphatic carbocycles. The van der Waals surface area contributed by atoms with Crippen molar-refractivity contribution in [1.29, 1.82) is 0 Å². The molecule has 1 fully saturated rings. The standard InChI is InChI=1S/C18H19N5O2S/c1-12-2-3-16(26-12)17-14(15-10-19-4-5-20-15)9-22-18(23-17)21-8-13-11-24-6-7-25-13/h2-5,9-10,13H,6-8,11H2,1H3,(H,21,22,23)/t13-/m0/s1.